The molecular formula is C11H4Cl2F8N2OS. The lowest BCUT2D eigenvalue weighted by molar-refractivity contribution is -0.253. The summed E-state index contributed by atoms with van der Waals surface area (Å²) in [6.07, 6.45) is -14.1. The number of nitrogens with zero attached hydrogens (tertiary/aromatic N) is 2. The summed E-state index contributed by atoms with van der Waals surface area (Å²) in [6.45, 7) is 0. The second-order valence-corrected chi connectivity index (χ2v) is 7.17. The van der Waals surface area contributed by atoms with E-state index in [1.54, 1.807) is 0 Å². The average molecular weight is 435 g/mol. The van der Waals surface area contributed by atoms with E-state index < -0.39 is 45.2 Å². The fourth-order valence-electron chi connectivity index (χ4n) is 1.68. The third-order valence-electron chi connectivity index (χ3n) is 2.54. The molecule has 0 spiro atoms. The van der Waals surface area contributed by atoms with Crippen LogP contribution in [0.3, 0.4) is 0 Å². The first-order valence-electron chi connectivity index (χ1n) is 5.91. The molecule has 2 rings (SSSR count). The number of halogens is 10. The third kappa shape index (κ3) is 4.73. The number of benzene rings is 1. The van der Waals surface area contributed by atoms with E-state index in [-0.39, 0.29) is 15.9 Å². The number of aromatic nitrogens is 2. The van der Waals surface area contributed by atoms with Gasteiger partial charge in [0.25, 0.3) is 0 Å². The highest BCUT2D eigenvalue weighted by Gasteiger charge is 2.44. The van der Waals surface area contributed by atoms with Crippen LogP contribution in [0.2, 0.25) is 0 Å². The predicted molar refractivity (Wildman–Crippen MR) is 74.8 cm³/mol. The summed E-state index contributed by atoms with van der Waals surface area (Å²) in [5, 5.41) is 0. The lowest BCUT2D eigenvalue weighted by Gasteiger charge is -2.16. The van der Waals surface area contributed by atoms with Crippen LogP contribution >= 0.6 is 35.1 Å². The van der Waals surface area contributed by atoms with E-state index in [1.807, 2.05) is 0 Å². The maximum absolute atomic E-state index is 13.3. The fourth-order valence-corrected chi connectivity index (χ4v) is 2.78. The molecule has 0 aliphatic rings. The van der Waals surface area contributed by atoms with Crippen molar-refractivity contribution in [1.82, 2.24) is 8.96 Å². The van der Waals surface area contributed by atoms with Gasteiger partial charge in [0, 0.05) is 18.0 Å². The molecule has 0 saturated heterocycles. The van der Waals surface area contributed by atoms with Crippen LogP contribution in [0.15, 0.2) is 18.2 Å². The Kier molecular flexibility index (Phi) is 5.28. The Morgan fingerprint density at radius 1 is 1.08 bits per heavy atom. The van der Waals surface area contributed by atoms with Crippen molar-refractivity contribution in [3.8, 4) is 5.75 Å². The van der Waals surface area contributed by atoms with Crippen LogP contribution in [0.25, 0.3) is 11.0 Å². The van der Waals surface area contributed by atoms with Gasteiger partial charge < -0.3 is 4.74 Å². The number of hydrogen-bond donors (Lipinski definition) is 0. The van der Waals surface area contributed by atoms with Crippen molar-refractivity contribution in [2.45, 2.75) is 22.6 Å². The second-order valence-electron chi connectivity index (χ2n) is 4.38. The standard InChI is InChI=1S/C11H4Cl2F8N2OS/c12-11(13,21)25-23-6-2-1-4(24-10(19,20)7(14)15)3-5(6)22-8(23)9(16,17)18/h1-3,7H. The first-order chi connectivity index (χ1) is 11.2. The van der Waals surface area contributed by atoms with E-state index in [2.05, 4.69) is 9.72 Å². The molecule has 0 N–H and O–H groups in total. The fraction of sp³-hybridized carbons (Fsp3) is 0.364. The number of ether oxygens (including phenoxy) is 1. The molecule has 2 aromatic rings. The zero-order chi connectivity index (χ0) is 19.2. The van der Waals surface area contributed by atoms with Crippen molar-refractivity contribution in [2.24, 2.45) is 0 Å². The molecule has 0 bridgehead atoms. The number of hydrogen-bond acceptors (Lipinski definition) is 3. The molecule has 0 aliphatic carbocycles. The molecule has 0 radical (unpaired) electrons. The van der Waals surface area contributed by atoms with Crippen molar-refractivity contribution in [2.75, 3.05) is 0 Å². The molecule has 0 atom stereocenters. The summed E-state index contributed by atoms with van der Waals surface area (Å²) in [5.74, 6) is -2.52. The molecule has 1 aromatic heterocycles. The summed E-state index contributed by atoms with van der Waals surface area (Å²) in [5.41, 5.74) is -0.992. The van der Waals surface area contributed by atoms with Crippen LogP contribution in [-0.2, 0) is 6.18 Å². The topological polar surface area (TPSA) is 27.1 Å². The van der Waals surface area contributed by atoms with Crippen molar-refractivity contribution < 1.29 is 39.9 Å². The molecule has 25 heavy (non-hydrogen) atoms. The van der Waals surface area contributed by atoms with Gasteiger partial charge in [-0.25, -0.2) is 4.98 Å². The van der Waals surface area contributed by atoms with Gasteiger partial charge in [0.05, 0.1) is 11.0 Å². The van der Waals surface area contributed by atoms with Crippen LogP contribution < -0.4 is 4.74 Å². The predicted octanol–water partition coefficient (Wildman–Crippen LogP) is 5.85. The summed E-state index contributed by atoms with van der Waals surface area (Å²) in [4.78, 5) is 3.12. The minimum Gasteiger partial charge on any atom is -0.428 e. The molecule has 1 aromatic carbocycles. The summed E-state index contributed by atoms with van der Waals surface area (Å²) in [6, 6.07) is 2.02. The lowest BCUT2D eigenvalue weighted by Crippen LogP contribution is -2.33. The molecule has 3 nitrogen and oxygen atoms in total. The van der Waals surface area contributed by atoms with Crippen LogP contribution in [0.1, 0.15) is 5.82 Å². The Hall–Kier alpha value is -1.14. The van der Waals surface area contributed by atoms with Gasteiger partial charge in [0.15, 0.2) is 0 Å². The van der Waals surface area contributed by atoms with E-state index in [9.17, 15) is 35.1 Å². The molecule has 0 fully saturated rings. The van der Waals surface area contributed by atoms with Gasteiger partial charge in [-0.3, -0.25) is 3.97 Å². The van der Waals surface area contributed by atoms with Gasteiger partial charge in [-0.1, -0.05) is 23.2 Å². The molecule has 140 valence electrons. The minimum absolute atomic E-state index is 0.199. The zero-order valence-corrected chi connectivity index (χ0v) is 13.6. The number of fused-ring (bicyclic) bond motifs is 1. The third-order valence-corrected chi connectivity index (χ3v) is 3.71. The van der Waals surface area contributed by atoms with E-state index in [4.69, 9.17) is 23.2 Å². The van der Waals surface area contributed by atoms with Crippen LogP contribution in [0, 0.1) is 0 Å². The summed E-state index contributed by atoms with van der Waals surface area (Å²) >= 11 is 9.78. The van der Waals surface area contributed by atoms with Crippen LogP contribution in [-0.4, -0.2) is 25.4 Å². The SMILES string of the molecule is FC(F)C(F)(F)Oc1ccc2c(c1)nc(C(F)(F)F)n2SC(F)(Cl)Cl. The maximum Gasteiger partial charge on any atom is 0.461 e. The largest absolute Gasteiger partial charge is 0.461 e. The van der Waals surface area contributed by atoms with Crippen molar-refractivity contribution in [3.05, 3.63) is 24.0 Å². The van der Waals surface area contributed by atoms with Gasteiger partial charge in [0.1, 0.15) is 5.75 Å². The van der Waals surface area contributed by atoms with E-state index >= 15 is 0 Å². The lowest BCUT2D eigenvalue weighted by atomic mass is 10.3. The Morgan fingerprint density at radius 3 is 2.16 bits per heavy atom. The Balaban J connectivity index is 2.53. The molecule has 14 heteroatoms. The Bertz CT molecular complexity index is 774. The van der Waals surface area contributed by atoms with E-state index in [1.165, 1.54) is 0 Å². The highest BCUT2D eigenvalue weighted by atomic mass is 35.5. The van der Waals surface area contributed by atoms with Gasteiger partial charge >= 0.3 is 22.6 Å². The molecule has 0 saturated carbocycles. The summed E-state index contributed by atoms with van der Waals surface area (Å²) < 4.78 is 103. The highest BCUT2D eigenvalue weighted by molar-refractivity contribution is 8.01. The smallest absolute Gasteiger partial charge is 0.428 e. The Labute approximate surface area is 148 Å². The monoisotopic (exact) mass is 434 g/mol. The number of rotatable bonds is 5. The van der Waals surface area contributed by atoms with Gasteiger partial charge in [-0.15, -0.1) is 0 Å². The van der Waals surface area contributed by atoms with Crippen molar-refractivity contribution in [3.63, 3.8) is 0 Å². The first kappa shape index (κ1) is 20.2. The van der Waals surface area contributed by atoms with Crippen LogP contribution in [0.4, 0.5) is 35.1 Å². The molecule has 1 heterocycles. The minimum atomic E-state index is -5.07. The van der Waals surface area contributed by atoms with Crippen molar-refractivity contribution >= 4 is 46.2 Å². The molecule has 0 aliphatic heterocycles. The van der Waals surface area contributed by atoms with E-state index in [0.29, 0.717) is 12.1 Å². The van der Waals surface area contributed by atoms with Gasteiger partial charge in [-0.05, 0) is 12.1 Å². The molecule has 0 amide bonds. The normalized spacial score (nSPS) is 13.7. The maximum atomic E-state index is 13.3. The average Bonchev–Trinajstić information content (AvgIpc) is 2.74. The highest BCUT2D eigenvalue weighted by Crippen LogP contribution is 2.43. The Morgan fingerprint density at radius 2 is 1.68 bits per heavy atom. The first-order valence-corrected chi connectivity index (χ1v) is 7.44. The van der Waals surface area contributed by atoms with Gasteiger partial charge in [0.2, 0.25) is 5.82 Å². The molecule has 0 unspecified atom stereocenters. The van der Waals surface area contributed by atoms with Crippen LogP contribution in [0.5, 0.6) is 5.75 Å². The van der Waals surface area contributed by atoms with E-state index in [0.717, 1.165) is 6.07 Å². The van der Waals surface area contributed by atoms with Gasteiger partial charge in [-0.2, -0.15) is 35.1 Å². The zero-order valence-electron chi connectivity index (χ0n) is 11.3. The quantitative estimate of drug-likeness (QED) is 0.436. The molecular weight excluding hydrogens is 431 g/mol. The second kappa shape index (κ2) is 6.54. The van der Waals surface area contributed by atoms with Crippen molar-refractivity contribution in [1.29, 1.82) is 0 Å². The number of imidazole rings is 1. The number of alkyl halides is 10. The summed E-state index contributed by atoms with van der Waals surface area (Å²) in [7, 11) is 0.